The van der Waals surface area contributed by atoms with Crippen LogP contribution in [0.25, 0.3) is 10.1 Å². The molecule has 19 heavy (non-hydrogen) atoms. The molecule has 1 saturated heterocycles. The van der Waals surface area contributed by atoms with Crippen molar-refractivity contribution in [3.8, 4) is 0 Å². The second kappa shape index (κ2) is 5.49. The first-order valence-corrected chi connectivity index (χ1v) is 7.01. The number of likely N-dealkylation sites (tertiary alicyclic amines) is 1. The summed E-state index contributed by atoms with van der Waals surface area (Å²) >= 11 is 1.69. The number of nitrogens with zero attached hydrogens (tertiary/aromatic N) is 1. The van der Waals surface area contributed by atoms with Crippen LogP contribution in [-0.2, 0) is 0 Å². The van der Waals surface area contributed by atoms with Gasteiger partial charge in [0.15, 0.2) is 0 Å². The molecule has 102 valence electrons. The van der Waals surface area contributed by atoms with Gasteiger partial charge in [0.1, 0.15) is 0 Å². The van der Waals surface area contributed by atoms with E-state index in [0.717, 1.165) is 28.8 Å². The Morgan fingerprint density at radius 2 is 2.16 bits per heavy atom. The fourth-order valence-corrected chi connectivity index (χ4v) is 3.62. The monoisotopic (exact) mass is 296 g/mol. The lowest BCUT2D eigenvalue weighted by molar-refractivity contribution is 0.0792. The van der Waals surface area contributed by atoms with Gasteiger partial charge in [-0.15, -0.1) is 23.7 Å². The van der Waals surface area contributed by atoms with Gasteiger partial charge in [-0.05, 0) is 19.4 Å². The van der Waals surface area contributed by atoms with Gasteiger partial charge in [-0.1, -0.05) is 18.2 Å². The average Bonchev–Trinajstić information content (AvgIpc) is 2.91. The number of amides is 1. The third-order valence-electron chi connectivity index (χ3n) is 3.50. The van der Waals surface area contributed by atoms with Crippen LogP contribution in [-0.4, -0.2) is 29.9 Å². The Balaban J connectivity index is 0.00000133. The van der Waals surface area contributed by atoms with E-state index in [2.05, 4.69) is 6.07 Å². The summed E-state index contributed by atoms with van der Waals surface area (Å²) in [5, 5.41) is 1.07. The quantitative estimate of drug-likeness (QED) is 0.879. The summed E-state index contributed by atoms with van der Waals surface area (Å²) in [5.74, 6) is 0.137. The molecule has 1 amide bonds. The van der Waals surface area contributed by atoms with E-state index in [9.17, 15) is 4.79 Å². The SMILES string of the molecule is Cc1sc2ccccc2c1C(=O)N1CC[C@@H](N)C1.Cl. The van der Waals surface area contributed by atoms with Crippen LogP contribution in [0.1, 0.15) is 21.7 Å². The highest BCUT2D eigenvalue weighted by Gasteiger charge is 2.27. The van der Waals surface area contributed by atoms with Gasteiger partial charge >= 0.3 is 0 Å². The summed E-state index contributed by atoms with van der Waals surface area (Å²) in [6, 6.07) is 8.24. The third kappa shape index (κ3) is 2.48. The highest BCUT2D eigenvalue weighted by molar-refractivity contribution is 7.19. The van der Waals surface area contributed by atoms with Crippen molar-refractivity contribution in [1.29, 1.82) is 0 Å². The van der Waals surface area contributed by atoms with E-state index in [-0.39, 0.29) is 24.4 Å². The topological polar surface area (TPSA) is 46.3 Å². The molecular formula is C14H17ClN2OS. The summed E-state index contributed by atoms with van der Waals surface area (Å²) in [7, 11) is 0. The van der Waals surface area contributed by atoms with Gasteiger partial charge in [-0.2, -0.15) is 0 Å². The number of benzene rings is 1. The van der Waals surface area contributed by atoms with E-state index in [4.69, 9.17) is 5.73 Å². The van der Waals surface area contributed by atoms with Crippen LogP contribution in [0, 0.1) is 6.92 Å². The van der Waals surface area contributed by atoms with Crippen LogP contribution >= 0.6 is 23.7 Å². The lowest BCUT2D eigenvalue weighted by Crippen LogP contribution is -2.32. The standard InChI is InChI=1S/C14H16N2OS.ClH/c1-9-13(11-4-2-3-5-12(11)18-9)14(17)16-7-6-10(15)8-16;/h2-5,10H,6-8,15H2,1H3;1H/t10-;/m1./s1. The number of halogens is 1. The minimum Gasteiger partial charge on any atom is -0.337 e. The molecule has 3 nitrogen and oxygen atoms in total. The molecule has 1 aliphatic heterocycles. The minimum atomic E-state index is 0. The number of nitrogens with two attached hydrogens (primary N) is 1. The number of thiophene rings is 1. The minimum absolute atomic E-state index is 0. The molecule has 5 heteroatoms. The van der Waals surface area contributed by atoms with Gasteiger partial charge in [0.2, 0.25) is 0 Å². The highest BCUT2D eigenvalue weighted by atomic mass is 35.5. The fourth-order valence-electron chi connectivity index (χ4n) is 2.56. The molecule has 1 aliphatic rings. The Morgan fingerprint density at radius 3 is 2.84 bits per heavy atom. The molecule has 2 heterocycles. The fraction of sp³-hybridized carbons (Fsp3) is 0.357. The maximum absolute atomic E-state index is 12.6. The Kier molecular flexibility index (Phi) is 4.13. The predicted molar refractivity (Wildman–Crippen MR) is 82.3 cm³/mol. The van der Waals surface area contributed by atoms with Gasteiger partial charge < -0.3 is 10.6 Å². The second-order valence-electron chi connectivity index (χ2n) is 4.83. The van der Waals surface area contributed by atoms with Crippen LogP contribution in [0.3, 0.4) is 0 Å². The number of hydrogen-bond donors (Lipinski definition) is 1. The van der Waals surface area contributed by atoms with Gasteiger partial charge in [0.25, 0.3) is 5.91 Å². The normalized spacial score (nSPS) is 18.6. The summed E-state index contributed by atoms with van der Waals surface area (Å²) in [6.45, 7) is 3.49. The maximum Gasteiger partial charge on any atom is 0.255 e. The molecule has 1 fully saturated rings. The molecule has 0 spiro atoms. The van der Waals surface area contributed by atoms with Gasteiger partial charge in [0.05, 0.1) is 5.56 Å². The first kappa shape index (κ1) is 14.3. The molecule has 0 aliphatic carbocycles. The van der Waals surface area contributed by atoms with Crippen LogP contribution < -0.4 is 5.73 Å². The molecule has 3 rings (SSSR count). The van der Waals surface area contributed by atoms with Crippen LogP contribution in [0.15, 0.2) is 24.3 Å². The Labute approximate surface area is 122 Å². The number of hydrogen-bond acceptors (Lipinski definition) is 3. The molecule has 0 radical (unpaired) electrons. The van der Waals surface area contributed by atoms with Crippen LogP contribution in [0.5, 0.6) is 0 Å². The van der Waals surface area contributed by atoms with Gasteiger partial charge in [-0.25, -0.2) is 0 Å². The third-order valence-corrected chi connectivity index (χ3v) is 4.58. The van der Waals surface area contributed by atoms with Crippen molar-refractivity contribution in [2.75, 3.05) is 13.1 Å². The Morgan fingerprint density at radius 1 is 1.42 bits per heavy atom. The molecule has 1 aromatic heterocycles. The number of rotatable bonds is 1. The van der Waals surface area contributed by atoms with Crippen molar-refractivity contribution in [3.63, 3.8) is 0 Å². The van der Waals surface area contributed by atoms with Crippen molar-refractivity contribution in [3.05, 3.63) is 34.7 Å². The first-order valence-electron chi connectivity index (χ1n) is 6.20. The number of fused-ring (bicyclic) bond motifs is 1. The largest absolute Gasteiger partial charge is 0.337 e. The summed E-state index contributed by atoms with van der Waals surface area (Å²) in [5.41, 5.74) is 6.74. The van der Waals surface area contributed by atoms with E-state index in [1.807, 2.05) is 30.0 Å². The van der Waals surface area contributed by atoms with Gasteiger partial charge in [-0.3, -0.25) is 4.79 Å². The summed E-state index contributed by atoms with van der Waals surface area (Å²) < 4.78 is 1.18. The average molecular weight is 297 g/mol. The van der Waals surface area contributed by atoms with E-state index in [1.54, 1.807) is 11.3 Å². The molecule has 2 N–H and O–H groups in total. The zero-order valence-corrected chi connectivity index (χ0v) is 12.4. The zero-order chi connectivity index (χ0) is 12.7. The molecular weight excluding hydrogens is 280 g/mol. The number of carbonyl (C=O) groups excluding carboxylic acids is 1. The number of aryl methyl sites for hydroxylation is 1. The van der Waals surface area contributed by atoms with Gasteiger partial charge in [0, 0.05) is 34.1 Å². The summed E-state index contributed by atoms with van der Waals surface area (Å²) in [6.07, 6.45) is 0.910. The van der Waals surface area contributed by atoms with Crippen molar-refractivity contribution in [1.82, 2.24) is 4.90 Å². The number of carbonyl (C=O) groups is 1. The van der Waals surface area contributed by atoms with Crippen LogP contribution in [0.4, 0.5) is 0 Å². The van der Waals surface area contributed by atoms with Crippen molar-refractivity contribution < 1.29 is 4.79 Å². The first-order chi connectivity index (χ1) is 8.66. The van der Waals surface area contributed by atoms with E-state index >= 15 is 0 Å². The van der Waals surface area contributed by atoms with E-state index in [0.29, 0.717) is 6.54 Å². The molecule has 0 saturated carbocycles. The lowest BCUT2D eigenvalue weighted by atomic mass is 10.1. The summed E-state index contributed by atoms with van der Waals surface area (Å²) in [4.78, 5) is 15.5. The van der Waals surface area contributed by atoms with E-state index in [1.165, 1.54) is 4.70 Å². The molecule has 0 unspecified atom stereocenters. The maximum atomic E-state index is 12.6. The smallest absolute Gasteiger partial charge is 0.255 e. The zero-order valence-electron chi connectivity index (χ0n) is 10.8. The second-order valence-corrected chi connectivity index (χ2v) is 6.09. The van der Waals surface area contributed by atoms with Crippen molar-refractivity contribution in [2.45, 2.75) is 19.4 Å². The molecule has 1 atom stereocenters. The Bertz CT molecular complexity index is 611. The van der Waals surface area contributed by atoms with Crippen LogP contribution in [0.2, 0.25) is 0 Å². The highest BCUT2D eigenvalue weighted by Crippen LogP contribution is 2.32. The molecule has 1 aromatic carbocycles. The molecule has 0 bridgehead atoms. The van der Waals surface area contributed by atoms with Crippen molar-refractivity contribution in [2.24, 2.45) is 5.73 Å². The lowest BCUT2D eigenvalue weighted by Gasteiger charge is -2.15. The molecule has 2 aromatic rings. The predicted octanol–water partition coefficient (Wildman–Crippen LogP) is 2.80. The van der Waals surface area contributed by atoms with E-state index < -0.39 is 0 Å². The van der Waals surface area contributed by atoms with Crippen molar-refractivity contribution >= 4 is 39.7 Å². The Hall–Kier alpha value is -1.10.